The average Bonchev–Trinajstić information content (AvgIpc) is 3.08. The highest BCUT2D eigenvalue weighted by atomic mass is 16.2. The first-order valence-electron chi connectivity index (χ1n) is 7.41. The van der Waals surface area contributed by atoms with Gasteiger partial charge < -0.3 is 16.0 Å². The van der Waals surface area contributed by atoms with Crippen molar-refractivity contribution in [1.29, 1.82) is 0 Å². The van der Waals surface area contributed by atoms with Crippen LogP contribution in [0.3, 0.4) is 0 Å². The van der Waals surface area contributed by atoms with E-state index in [0.717, 1.165) is 32.1 Å². The summed E-state index contributed by atoms with van der Waals surface area (Å²) in [5.74, 6) is 0.0905. The fourth-order valence-electron chi connectivity index (χ4n) is 2.52. The molecule has 1 aliphatic heterocycles. The third-order valence-electron chi connectivity index (χ3n) is 4.30. The Kier molecular flexibility index (Phi) is 4.45. The molecule has 3 N–H and O–H groups in total. The van der Waals surface area contributed by atoms with Crippen molar-refractivity contribution in [1.82, 2.24) is 10.2 Å². The number of rotatable bonds is 5. The third-order valence-corrected chi connectivity index (χ3v) is 4.30. The number of nitrogens with one attached hydrogen (secondary N) is 1. The fourth-order valence-corrected chi connectivity index (χ4v) is 2.52. The molecule has 0 spiro atoms. The highest BCUT2D eigenvalue weighted by molar-refractivity contribution is 5.90. The maximum absolute atomic E-state index is 12.4. The molecule has 1 heterocycles. The van der Waals surface area contributed by atoms with E-state index in [2.05, 4.69) is 5.32 Å². The minimum absolute atomic E-state index is 0.00435. The summed E-state index contributed by atoms with van der Waals surface area (Å²) in [5.41, 5.74) is 6.00. The molecule has 2 unspecified atom stereocenters. The van der Waals surface area contributed by atoms with Gasteiger partial charge in [-0.05, 0) is 31.6 Å². The molecule has 0 aromatic heterocycles. The lowest BCUT2D eigenvalue weighted by Gasteiger charge is -2.28. The van der Waals surface area contributed by atoms with Crippen LogP contribution in [0.1, 0.15) is 46.0 Å². The SMILES string of the molecule is CCC(C)[C@H](N)C(=O)N1CCCC1C(=O)NC1CC1. The summed E-state index contributed by atoms with van der Waals surface area (Å²) in [6, 6.07) is -0.448. The maximum Gasteiger partial charge on any atom is 0.243 e. The predicted molar refractivity (Wildman–Crippen MR) is 73.3 cm³/mol. The summed E-state index contributed by atoms with van der Waals surface area (Å²) in [6.45, 7) is 4.67. The summed E-state index contributed by atoms with van der Waals surface area (Å²) < 4.78 is 0. The minimum atomic E-state index is -0.487. The van der Waals surface area contributed by atoms with Crippen molar-refractivity contribution < 1.29 is 9.59 Å². The van der Waals surface area contributed by atoms with Crippen molar-refractivity contribution in [3.8, 4) is 0 Å². The summed E-state index contributed by atoms with van der Waals surface area (Å²) in [4.78, 5) is 26.2. The fraction of sp³-hybridized carbons (Fsp3) is 0.857. The number of nitrogens with two attached hydrogens (primary N) is 1. The Bertz CT molecular complexity index is 355. The van der Waals surface area contributed by atoms with Crippen LogP contribution in [-0.4, -0.2) is 41.4 Å². The van der Waals surface area contributed by atoms with Crippen molar-refractivity contribution in [3.05, 3.63) is 0 Å². The summed E-state index contributed by atoms with van der Waals surface area (Å²) in [5, 5.41) is 2.99. The van der Waals surface area contributed by atoms with Gasteiger partial charge in [-0.2, -0.15) is 0 Å². The quantitative estimate of drug-likeness (QED) is 0.767. The Morgan fingerprint density at radius 1 is 1.37 bits per heavy atom. The molecule has 1 aliphatic carbocycles. The molecular formula is C14H25N3O2. The number of likely N-dealkylation sites (tertiary alicyclic amines) is 1. The summed E-state index contributed by atoms with van der Waals surface area (Å²) >= 11 is 0. The molecule has 0 bridgehead atoms. The lowest BCUT2D eigenvalue weighted by atomic mass is 9.98. The molecule has 0 radical (unpaired) electrons. The van der Waals surface area contributed by atoms with E-state index in [4.69, 9.17) is 5.73 Å². The van der Waals surface area contributed by atoms with E-state index in [1.165, 1.54) is 0 Å². The minimum Gasteiger partial charge on any atom is -0.352 e. The van der Waals surface area contributed by atoms with Crippen molar-refractivity contribution in [2.24, 2.45) is 11.7 Å². The van der Waals surface area contributed by atoms with E-state index in [-0.39, 0.29) is 23.8 Å². The van der Waals surface area contributed by atoms with Gasteiger partial charge in [-0.25, -0.2) is 0 Å². The van der Waals surface area contributed by atoms with Gasteiger partial charge in [0.2, 0.25) is 11.8 Å². The van der Waals surface area contributed by atoms with Crippen LogP contribution in [-0.2, 0) is 9.59 Å². The smallest absolute Gasteiger partial charge is 0.243 e. The molecular weight excluding hydrogens is 242 g/mol. The third kappa shape index (κ3) is 3.26. The van der Waals surface area contributed by atoms with Crippen LogP contribution < -0.4 is 11.1 Å². The lowest BCUT2D eigenvalue weighted by Crippen LogP contribution is -2.53. The summed E-state index contributed by atoms with van der Waals surface area (Å²) in [7, 11) is 0. The van der Waals surface area contributed by atoms with Crippen LogP contribution in [0.2, 0.25) is 0 Å². The molecule has 0 aromatic carbocycles. The highest BCUT2D eigenvalue weighted by Gasteiger charge is 2.38. The van der Waals surface area contributed by atoms with Crippen LogP contribution in [0.5, 0.6) is 0 Å². The Labute approximate surface area is 114 Å². The largest absolute Gasteiger partial charge is 0.352 e. The Hall–Kier alpha value is -1.10. The van der Waals surface area contributed by atoms with Crippen LogP contribution in [0.4, 0.5) is 0 Å². The second-order valence-electron chi connectivity index (χ2n) is 5.88. The molecule has 2 amide bonds. The van der Waals surface area contributed by atoms with Gasteiger partial charge in [-0.15, -0.1) is 0 Å². The molecule has 5 heteroatoms. The molecule has 2 rings (SSSR count). The zero-order chi connectivity index (χ0) is 14.0. The zero-order valence-electron chi connectivity index (χ0n) is 11.9. The van der Waals surface area contributed by atoms with Gasteiger partial charge in [0, 0.05) is 12.6 Å². The maximum atomic E-state index is 12.4. The molecule has 1 saturated carbocycles. The van der Waals surface area contributed by atoms with E-state index in [0.29, 0.717) is 12.6 Å². The van der Waals surface area contributed by atoms with Crippen molar-refractivity contribution in [2.45, 2.75) is 64.1 Å². The summed E-state index contributed by atoms with van der Waals surface area (Å²) in [6.07, 6.45) is 4.66. The number of amides is 2. The normalized spacial score (nSPS) is 26.1. The second kappa shape index (κ2) is 5.90. The first kappa shape index (κ1) is 14.3. The lowest BCUT2D eigenvalue weighted by molar-refractivity contribution is -0.140. The van der Waals surface area contributed by atoms with E-state index in [1.54, 1.807) is 4.90 Å². The van der Waals surface area contributed by atoms with Gasteiger partial charge in [0.25, 0.3) is 0 Å². The monoisotopic (exact) mass is 267 g/mol. The number of nitrogens with zero attached hydrogens (tertiary/aromatic N) is 1. The molecule has 5 nitrogen and oxygen atoms in total. The number of carbonyl (C=O) groups is 2. The van der Waals surface area contributed by atoms with Gasteiger partial charge in [-0.1, -0.05) is 20.3 Å². The van der Waals surface area contributed by atoms with Crippen LogP contribution in [0.25, 0.3) is 0 Å². The number of hydrogen-bond donors (Lipinski definition) is 2. The molecule has 19 heavy (non-hydrogen) atoms. The first-order valence-corrected chi connectivity index (χ1v) is 7.41. The molecule has 108 valence electrons. The van der Waals surface area contributed by atoms with Gasteiger partial charge in [0.15, 0.2) is 0 Å². The predicted octanol–water partition coefficient (Wildman–Crippen LogP) is 0.629. The molecule has 0 aromatic rings. The van der Waals surface area contributed by atoms with Crippen molar-refractivity contribution in [2.75, 3.05) is 6.54 Å². The average molecular weight is 267 g/mol. The highest BCUT2D eigenvalue weighted by Crippen LogP contribution is 2.23. The van der Waals surface area contributed by atoms with Crippen LogP contribution in [0, 0.1) is 5.92 Å². The topological polar surface area (TPSA) is 75.4 Å². The van der Waals surface area contributed by atoms with E-state index < -0.39 is 6.04 Å². The Morgan fingerprint density at radius 3 is 2.63 bits per heavy atom. The van der Waals surface area contributed by atoms with E-state index >= 15 is 0 Å². The van der Waals surface area contributed by atoms with Crippen LogP contribution >= 0.6 is 0 Å². The standard InChI is InChI=1S/C14H25N3O2/c1-3-9(2)12(15)14(19)17-8-4-5-11(17)13(18)16-10-6-7-10/h9-12H,3-8,15H2,1-2H3,(H,16,18)/t9?,11?,12-/m0/s1. The second-order valence-corrected chi connectivity index (χ2v) is 5.88. The van der Waals surface area contributed by atoms with Gasteiger partial charge in [0.05, 0.1) is 6.04 Å². The number of carbonyl (C=O) groups excluding carboxylic acids is 2. The molecule has 2 aliphatic rings. The molecule has 3 atom stereocenters. The van der Waals surface area contributed by atoms with Crippen molar-refractivity contribution >= 4 is 11.8 Å². The number of hydrogen-bond acceptors (Lipinski definition) is 3. The van der Waals surface area contributed by atoms with Gasteiger partial charge >= 0.3 is 0 Å². The first-order chi connectivity index (χ1) is 9.04. The zero-order valence-corrected chi connectivity index (χ0v) is 11.9. The Balaban J connectivity index is 1.96. The van der Waals surface area contributed by atoms with Crippen LogP contribution in [0.15, 0.2) is 0 Å². The van der Waals surface area contributed by atoms with E-state index in [1.807, 2.05) is 13.8 Å². The van der Waals surface area contributed by atoms with Gasteiger partial charge in [0.1, 0.15) is 6.04 Å². The Morgan fingerprint density at radius 2 is 2.05 bits per heavy atom. The van der Waals surface area contributed by atoms with Crippen molar-refractivity contribution in [3.63, 3.8) is 0 Å². The van der Waals surface area contributed by atoms with Gasteiger partial charge in [-0.3, -0.25) is 9.59 Å². The molecule has 1 saturated heterocycles. The molecule has 2 fully saturated rings. The van der Waals surface area contributed by atoms with E-state index in [9.17, 15) is 9.59 Å².